The number of nitrogens with one attached hydrogen (secondary N) is 1. The lowest BCUT2D eigenvalue weighted by Gasteiger charge is -2.13. The Kier molecular flexibility index (Phi) is 6.01. The van der Waals surface area contributed by atoms with Crippen molar-refractivity contribution in [1.82, 2.24) is 10.2 Å². The number of esters is 1. The molecule has 0 unspecified atom stereocenters. The molecule has 1 aromatic heterocycles. The van der Waals surface area contributed by atoms with Crippen LogP contribution < -0.4 is 5.32 Å². The van der Waals surface area contributed by atoms with Gasteiger partial charge in [0.1, 0.15) is 5.25 Å². The van der Waals surface area contributed by atoms with Gasteiger partial charge in [-0.25, -0.2) is 0 Å². The van der Waals surface area contributed by atoms with Crippen molar-refractivity contribution in [3.05, 3.63) is 35.9 Å². The third-order valence-electron chi connectivity index (χ3n) is 2.56. The normalized spacial score (nSPS) is 11.9. The number of aromatic nitrogens is 2. The monoisotopic (exact) mass is 323 g/mol. The highest BCUT2D eigenvalue weighted by atomic mass is 32.2. The van der Waals surface area contributed by atoms with Gasteiger partial charge in [-0.05, 0) is 19.4 Å². The van der Waals surface area contributed by atoms with Crippen molar-refractivity contribution in [2.45, 2.75) is 23.4 Å². The molecule has 0 amide bonds. The molecule has 0 aliphatic rings. The summed E-state index contributed by atoms with van der Waals surface area (Å²) in [5, 5.41) is 11.6. The molecule has 5 nitrogen and oxygen atoms in total. The number of thioether (sulfide) groups is 1. The van der Waals surface area contributed by atoms with Crippen molar-refractivity contribution in [3.8, 4) is 0 Å². The first-order chi connectivity index (χ1) is 10.2. The minimum Gasteiger partial charge on any atom is -0.465 e. The Morgan fingerprint density at radius 3 is 2.76 bits per heavy atom. The molecule has 0 aliphatic heterocycles. The van der Waals surface area contributed by atoms with Crippen molar-refractivity contribution < 1.29 is 9.53 Å². The Morgan fingerprint density at radius 2 is 2.10 bits per heavy atom. The fourth-order valence-electron chi connectivity index (χ4n) is 1.68. The molecule has 0 saturated heterocycles. The lowest BCUT2D eigenvalue weighted by atomic mass is 10.1. The maximum atomic E-state index is 12.2. The first kappa shape index (κ1) is 15.8. The smallest absolute Gasteiger partial charge is 0.324 e. The second kappa shape index (κ2) is 7.99. The lowest BCUT2D eigenvalue weighted by molar-refractivity contribution is -0.142. The lowest BCUT2D eigenvalue weighted by Crippen LogP contribution is -2.13. The van der Waals surface area contributed by atoms with E-state index in [0.717, 1.165) is 21.6 Å². The predicted octanol–water partition coefficient (Wildman–Crippen LogP) is 3.37. The summed E-state index contributed by atoms with van der Waals surface area (Å²) in [6.45, 7) is 4.96. The number of benzene rings is 1. The van der Waals surface area contributed by atoms with E-state index in [1.165, 1.54) is 23.1 Å². The van der Waals surface area contributed by atoms with Gasteiger partial charge in [-0.1, -0.05) is 53.4 Å². The Balaban J connectivity index is 2.17. The van der Waals surface area contributed by atoms with Crippen LogP contribution in [0.15, 0.2) is 34.7 Å². The summed E-state index contributed by atoms with van der Waals surface area (Å²) < 4.78 is 5.91. The van der Waals surface area contributed by atoms with Gasteiger partial charge in [0.2, 0.25) is 5.13 Å². The molecule has 0 radical (unpaired) electrons. The van der Waals surface area contributed by atoms with Crippen molar-refractivity contribution >= 4 is 34.2 Å². The van der Waals surface area contributed by atoms with Crippen molar-refractivity contribution in [1.29, 1.82) is 0 Å². The molecule has 21 heavy (non-hydrogen) atoms. The van der Waals surface area contributed by atoms with Crippen LogP contribution >= 0.6 is 23.1 Å². The number of carbonyl (C=O) groups excluding carboxylic acids is 1. The molecular weight excluding hydrogens is 306 g/mol. The summed E-state index contributed by atoms with van der Waals surface area (Å²) in [5.41, 5.74) is 0.904. The SMILES string of the molecule is CCNc1nnc(S[C@H](C(=O)OCC)c2ccccc2)s1. The number of anilines is 1. The van der Waals surface area contributed by atoms with Gasteiger partial charge in [0.15, 0.2) is 4.34 Å². The molecule has 1 N–H and O–H groups in total. The number of hydrogen-bond donors (Lipinski definition) is 1. The van der Waals surface area contributed by atoms with Gasteiger partial charge in [-0.2, -0.15) is 0 Å². The van der Waals surface area contributed by atoms with Gasteiger partial charge in [-0.3, -0.25) is 4.79 Å². The molecule has 0 fully saturated rings. The minimum atomic E-state index is -0.423. The van der Waals surface area contributed by atoms with Gasteiger partial charge >= 0.3 is 5.97 Å². The van der Waals surface area contributed by atoms with Gasteiger partial charge in [0.25, 0.3) is 0 Å². The minimum absolute atomic E-state index is 0.256. The van der Waals surface area contributed by atoms with E-state index in [4.69, 9.17) is 4.74 Å². The summed E-state index contributed by atoms with van der Waals surface area (Å²) in [6, 6.07) is 9.57. The van der Waals surface area contributed by atoms with E-state index >= 15 is 0 Å². The molecule has 2 aromatic rings. The van der Waals surface area contributed by atoms with Gasteiger partial charge in [0.05, 0.1) is 6.61 Å². The van der Waals surface area contributed by atoms with Gasteiger partial charge in [0, 0.05) is 6.54 Å². The number of nitrogens with zero attached hydrogens (tertiary/aromatic N) is 2. The second-order valence-electron chi connectivity index (χ2n) is 4.06. The maximum Gasteiger partial charge on any atom is 0.324 e. The summed E-state index contributed by atoms with van der Waals surface area (Å²) >= 11 is 2.80. The van der Waals surface area contributed by atoms with Crippen molar-refractivity contribution in [2.24, 2.45) is 0 Å². The van der Waals surface area contributed by atoms with Gasteiger partial charge < -0.3 is 10.1 Å². The zero-order valence-electron chi connectivity index (χ0n) is 11.9. The third-order valence-corrected chi connectivity index (χ3v) is 4.75. The van der Waals surface area contributed by atoms with E-state index in [0.29, 0.717) is 6.61 Å². The maximum absolute atomic E-state index is 12.2. The van der Waals surface area contributed by atoms with Crippen LogP contribution in [-0.4, -0.2) is 29.3 Å². The number of rotatable bonds is 7. The highest BCUT2D eigenvalue weighted by Crippen LogP contribution is 2.38. The van der Waals surface area contributed by atoms with Gasteiger partial charge in [-0.15, -0.1) is 10.2 Å². The molecule has 7 heteroatoms. The topological polar surface area (TPSA) is 64.1 Å². The van der Waals surface area contributed by atoms with E-state index in [1.807, 2.05) is 37.3 Å². The van der Waals surface area contributed by atoms with E-state index in [9.17, 15) is 4.79 Å². The van der Waals surface area contributed by atoms with E-state index < -0.39 is 5.25 Å². The van der Waals surface area contributed by atoms with Crippen LogP contribution in [0.5, 0.6) is 0 Å². The summed E-state index contributed by atoms with van der Waals surface area (Å²) in [4.78, 5) is 12.2. The Labute approximate surface area is 132 Å². The van der Waals surface area contributed by atoms with Crippen LogP contribution in [0.1, 0.15) is 24.7 Å². The quantitative estimate of drug-likeness (QED) is 0.622. The molecule has 0 spiro atoms. The van der Waals surface area contributed by atoms with Crippen LogP contribution in [0.2, 0.25) is 0 Å². The average molecular weight is 323 g/mol. The fourth-order valence-corrected chi connectivity index (χ4v) is 3.69. The van der Waals surface area contributed by atoms with Crippen LogP contribution in [0.4, 0.5) is 5.13 Å². The van der Waals surface area contributed by atoms with E-state index in [1.54, 1.807) is 6.92 Å². The third kappa shape index (κ3) is 4.44. The van der Waals surface area contributed by atoms with Crippen LogP contribution in [0.25, 0.3) is 0 Å². The largest absolute Gasteiger partial charge is 0.465 e. The predicted molar refractivity (Wildman–Crippen MR) is 85.7 cm³/mol. The number of carbonyl (C=O) groups is 1. The average Bonchev–Trinajstić information content (AvgIpc) is 2.94. The summed E-state index contributed by atoms with van der Waals surface area (Å²) in [5.74, 6) is -0.256. The highest BCUT2D eigenvalue weighted by Gasteiger charge is 2.25. The molecular formula is C14H17N3O2S2. The molecule has 2 rings (SSSR count). The fraction of sp³-hybridized carbons (Fsp3) is 0.357. The molecule has 112 valence electrons. The summed E-state index contributed by atoms with van der Waals surface area (Å²) in [7, 11) is 0. The molecule has 0 saturated carbocycles. The van der Waals surface area contributed by atoms with E-state index in [2.05, 4.69) is 15.5 Å². The van der Waals surface area contributed by atoms with Crippen LogP contribution in [-0.2, 0) is 9.53 Å². The molecule has 0 aliphatic carbocycles. The summed E-state index contributed by atoms with van der Waals surface area (Å²) in [6.07, 6.45) is 0. The Hall–Kier alpha value is -1.60. The van der Waals surface area contributed by atoms with Crippen LogP contribution in [0.3, 0.4) is 0 Å². The zero-order chi connectivity index (χ0) is 15.1. The zero-order valence-corrected chi connectivity index (χ0v) is 13.5. The molecule has 0 bridgehead atoms. The first-order valence-electron chi connectivity index (χ1n) is 6.70. The molecule has 1 heterocycles. The second-order valence-corrected chi connectivity index (χ2v) is 6.39. The number of ether oxygens (including phenoxy) is 1. The molecule has 1 atom stereocenters. The van der Waals surface area contributed by atoms with E-state index in [-0.39, 0.29) is 5.97 Å². The van der Waals surface area contributed by atoms with Crippen molar-refractivity contribution in [2.75, 3.05) is 18.5 Å². The first-order valence-corrected chi connectivity index (χ1v) is 8.39. The van der Waals surface area contributed by atoms with Crippen molar-refractivity contribution in [3.63, 3.8) is 0 Å². The Bertz CT molecular complexity index is 575. The molecule has 1 aromatic carbocycles. The Morgan fingerprint density at radius 1 is 1.33 bits per heavy atom. The number of hydrogen-bond acceptors (Lipinski definition) is 7. The highest BCUT2D eigenvalue weighted by molar-refractivity contribution is 8.01. The van der Waals surface area contributed by atoms with Crippen LogP contribution in [0, 0.1) is 0 Å². The standard InChI is InChI=1S/C14H17N3O2S2/c1-3-15-13-16-17-14(21-13)20-11(12(18)19-4-2)10-8-6-5-7-9-10/h5-9,11H,3-4H2,1-2H3,(H,15,16)/t11-/m0/s1.